The van der Waals surface area contributed by atoms with Gasteiger partial charge in [-0.1, -0.05) is 6.07 Å². The van der Waals surface area contributed by atoms with Crippen molar-refractivity contribution in [1.29, 1.82) is 0 Å². The molecule has 25 heavy (non-hydrogen) atoms. The average Bonchev–Trinajstić information content (AvgIpc) is 3.00. The molecule has 0 aromatic heterocycles. The number of aryl methyl sites for hydroxylation is 2. The number of nitrogens with zero attached hydrogens (tertiary/aromatic N) is 2. The molecule has 0 N–H and O–H groups in total. The molecule has 0 spiro atoms. The van der Waals surface area contributed by atoms with Crippen molar-refractivity contribution in [2.75, 3.05) is 40.4 Å². The second-order valence-electron chi connectivity index (χ2n) is 7.26. The molecular weight excluding hydrogens is 336 g/mol. The van der Waals surface area contributed by atoms with E-state index in [2.05, 4.69) is 11.0 Å². The van der Waals surface area contributed by atoms with Crippen molar-refractivity contribution in [3.05, 3.63) is 28.3 Å². The molecule has 1 heterocycles. The van der Waals surface area contributed by atoms with Crippen LogP contribution in [0.25, 0.3) is 0 Å². The zero-order valence-corrected chi connectivity index (χ0v) is 17.2. The summed E-state index contributed by atoms with van der Waals surface area (Å²) >= 11 is 0. The van der Waals surface area contributed by atoms with Crippen molar-refractivity contribution in [3.63, 3.8) is 0 Å². The van der Waals surface area contributed by atoms with Crippen LogP contribution in [0.1, 0.15) is 35.1 Å². The molecule has 1 aliphatic heterocycles. The number of methoxy groups -OCH3 is 1. The second kappa shape index (κ2) is 8.16. The zero-order chi connectivity index (χ0) is 18.8. The molecule has 0 bridgehead atoms. The minimum absolute atomic E-state index is 0.0338. The number of rotatable bonds is 7. The average molecular weight is 369 g/mol. The van der Waals surface area contributed by atoms with Gasteiger partial charge in [0.15, 0.2) is 0 Å². The summed E-state index contributed by atoms with van der Waals surface area (Å²) in [6, 6.07) is 2.11. The summed E-state index contributed by atoms with van der Waals surface area (Å²) in [5.41, 5.74) is 3.83. The van der Waals surface area contributed by atoms with Crippen LogP contribution >= 0.6 is 0 Å². The SMILES string of the molecule is COCCN(C)CC1CCCN1S(=O)(=O)c1c(C)c(C)cc(C)c1C. The molecule has 1 aromatic rings. The monoisotopic (exact) mass is 368 g/mol. The fourth-order valence-corrected chi connectivity index (χ4v) is 5.96. The predicted octanol–water partition coefficient (Wildman–Crippen LogP) is 2.65. The van der Waals surface area contributed by atoms with Crippen molar-refractivity contribution >= 4 is 10.0 Å². The lowest BCUT2D eigenvalue weighted by molar-refractivity contribution is 0.151. The second-order valence-corrected chi connectivity index (χ2v) is 9.08. The van der Waals surface area contributed by atoms with Crippen LogP contribution in [0.5, 0.6) is 0 Å². The van der Waals surface area contributed by atoms with E-state index in [0.717, 1.165) is 48.2 Å². The van der Waals surface area contributed by atoms with Crippen molar-refractivity contribution in [1.82, 2.24) is 9.21 Å². The number of likely N-dealkylation sites (N-methyl/N-ethyl adjacent to an activating group) is 1. The Morgan fingerprint density at radius 2 is 1.80 bits per heavy atom. The van der Waals surface area contributed by atoms with Gasteiger partial charge in [-0.15, -0.1) is 0 Å². The topological polar surface area (TPSA) is 49.9 Å². The highest BCUT2D eigenvalue weighted by molar-refractivity contribution is 7.89. The minimum atomic E-state index is -3.48. The maximum atomic E-state index is 13.5. The van der Waals surface area contributed by atoms with E-state index in [9.17, 15) is 8.42 Å². The van der Waals surface area contributed by atoms with Gasteiger partial charge < -0.3 is 9.64 Å². The Bertz CT molecular complexity index is 690. The first-order chi connectivity index (χ1) is 11.7. The van der Waals surface area contributed by atoms with Gasteiger partial charge in [0, 0.05) is 32.8 Å². The van der Waals surface area contributed by atoms with E-state index < -0.39 is 10.0 Å². The van der Waals surface area contributed by atoms with Gasteiger partial charge in [-0.2, -0.15) is 4.31 Å². The summed E-state index contributed by atoms with van der Waals surface area (Å²) < 4.78 is 33.8. The fraction of sp³-hybridized carbons (Fsp3) is 0.684. The minimum Gasteiger partial charge on any atom is -0.383 e. The zero-order valence-electron chi connectivity index (χ0n) is 16.4. The van der Waals surface area contributed by atoms with Crippen molar-refractivity contribution in [3.8, 4) is 0 Å². The maximum Gasteiger partial charge on any atom is 0.243 e. The third kappa shape index (κ3) is 4.25. The van der Waals surface area contributed by atoms with Crippen LogP contribution in [0.3, 0.4) is 0 Å². The number of hydrogen-bond donors (Lipinski definition) is 0. The van der Waals surface area contributed by atoms with Crippen molar-refractivity contribution < 1.29 is 13.2 Å². The van der Waals surface area contributed by atoms with Gasteiger partial charge in [0.25, 0.3) is 0 Å². The number of sulfonamides is 1. The quantitative estimate of drug-likeness (QED) is 0.742. The molecular formula is C19H32N2O3S. The van der Waals surface area contributed by atoms with Crippen LogP contribution in [0.4, 0.5) is 0 Å². The lowest BCUT2D eigenvalue weighted by atomic mass is 10.0. The van der Waals surface area contributed by atoms with E-state index >= 15 is 0 Å². The van der Waals surface area contributed by atoms with E-state index in [1.165, 1.54) is 0 Å². The van der Waals surface area contributed by atoms with E-state index in [4.69, 9.17) is 4.74 Å². The highest BCUT2D eigenvalue weighted by atomic mass is 32.2. The summed E-state index contributed by atoms with van der Waals surface area (Å²) in [5, 5.41) is 0. The third-order valence-electron chi connectivity index (χ3n) is 5.39. The summed E-state index contributed by atoms with van der Waals surface area (Å²) in [6.07, 6.45) is 1.84. The Hall–Kier alpha value is -0.950. The van der Waals surface area contributed by atoms with Crippen LogP contribution in [0.2, 0.25) is 0 Å². The summed E-state index contributed by atoms with van der Waals surface area (Å²) in [7, 11) is 0.225. The Labute approximate surface area is 153 Å². The molecule has 1 aliphatic rings. The first kappa shape index (κ1) is 20.4. The predicted molar refractivity (Wildman–Crippen MR) is 102 cm³/mol. The van der Waals surface area contributed by atoms with E-state index in [0.29, 0.717) is 18.0 Å². The number of hydrogen-bond acceptors (Lipinski definition) is 4. The molecule has 142 valence electrons. The highest BCUT2D eigenvalue weighted by Gasteiger charge is 2.37. The molecule has 1 aromatic carbocycles. The molecule has 1 atom stereocenters. The molecule has 0 radical (unpaired) electrons. The number of ether oxygens (including phenoxy) is 1. The lowest BCUT2D eigenvalue weighted by Gasteiger charge is -2.29. The Kier molecular flexibility index (Phi) is 6.65. The largest absolute Gasteiger partial charge is 0.383 e. The molecule has 0 amide bonds. The molecule has 1 unspecified atom stereocenters. The van der Waals surface area contributed by atoms with Crippen LogP contribution in [0, 0.1) is 27.7 Å². The summed E-state index contributed by atoms with van der Waals surface area (Å²) in [4.78, 5) is 2.67. The van der Waals surface area contributed by atoms with Crippen LogP contribution in [-0.4, -0.2) is 64.1 Å². The fourth-order valence-electron chi connectivity index (χ4n) is 3.69. The summed E-state index contributed by atoms with van der Waals surface area (Å²) in [6.45, 7) is 10.6. The standard InChI is InChI=1S/C19H32N2O3S/c1-14-12-15(2)17(4)19(16(14)3)25(22,23)21-9-7-8-18(21)13-20(5)10-11-24-6/h12,18H,7-11,13H2,1-6H3. The molecule has 1 fully saturated rings. The van der Waals surface area contributed by atoms with E-state index in [1.807, 2.05) is 34.7 Å². The van der Waals surface area contributed by atoms with E-state index in [1.54, 1.807) is 11.4 Å². The van der Waals surface area contributed by atoms with Crippen molar-refractivity contribution in [2.24, 2.45) is 0 Å². The maximum absolute atomic E-state index is 13.5. The Morgan fingerprint density at radius 1 is 1.20 bits per heavy atom. The molecule has 2 rings (SSSR count). The van der Waals surface area contributed by atoms with Gasteiger partial charge in [0.1, 0.15) is 0 Å². The molecule has 0 aliphatic carbocycles. The van der Waals surface area contributed by atoms with Gasteiger partial charge in [0.2, 0.25) is 10.0 Å². The van der Waals surface area contributed by atoms with E-state index in [-0.39, 0.29) is 6.04 Å². The van der Waals surface area contributed by atoms with Gasteiger partial charge in [-0.3, -0.25) is 0 Å². The van der Waals surface area contributed by atoms with Gasteiger partial charge in [-0.25, -0.2) is 8.42 Å². The Balaban J connectivity index is 2.33. The van der Waals surface area contributed by atoms with Crippen LogP contribution < -0.4 is 0 Å². The molecule has 5 nitrogen and oxygen atoms in total. The highest BCUT2D eigenvalue weighted by Crippen LogP contribution is 2.32. The van der Waals surface area contributed by atoms with Crippen molar-refractivity contribution in [2.45, 2.75) is 51.5 Å². The van der Waals surface area contributed by atoms with Crippen LogP contribution in [0.15, 0.2) is 11.0 Å². The Morgan fingerprint density at radius 3 is 2.36 bits per heavy atom. The first-order valence-electron chi connectivity index (χ1n) is 8.96. The molecule has 0 saturated carbocycles. The molecule has 6 heteroatoms. The van der Waals surface area contributed by atoms with Gasteiger partial charge >= 0.3 is 0 Å². The lowest BCUT2D eigenvalue weighted by Crippen LogP contribution is -2.43. The first-order valence-corrected chi connectivity index (χ1v) is 10.4. The molecule has 1 saturated heterocycles. The van der Waals surface area contributed by atoms with Crippen LogP contribution in [-0.2, 0) is 14.8 Å². The summed E-state index contributed by atoms with van der Waals surface area (Å²) in [5.74, 6) is 0. The number of benzene rings is 1. The smallest absolute Gasteiger partial charge is 0.243 e. The third-order valence-corrected chi connectivity index (χ3v) is 7.61. The normalized spacial score (nSPS) is 19.1. The van der Waals surface area contributed by atoms with Gasteiger partial charge in [0.05, 0.1) is 11.5 Å². The van der Waals surface area contributed by atoms with Gasteiger partial charge in [-0.05, 0) is 69.8 Å².